The highest BCUT2D eigenvalue weighted by Gasteiger charge is 2.04. The summed E-state index contributed by atoms with van der Waals surface area (Å²) < 4.78 is 0. The number of nitrogens with one attached hydrogen (secondary N) is 2. The van der Waals surface area contributed by atoms with Gasteiger partial charge in [0.25, 0.3) is 0 Å². The summed E-state index contributed by atoms with van der Waals surface area (Å²) in [6.45, 7) is 0.762. The van der Waals surface area contributed by atoms with Gasteiger partial charge in [0.15, 0.2) is 0 Å². The number of amides is 1. The van der Waals surface area contributed by atoms with Crippen molar-refractivity contribution < 1.29 is 4.79 Å². The van der Waals surface area contributed by atoms with E-state index in [2.05, 4.69) is 15.6 Å². The highest BCUT2D eigenvalue weighted by molar-refractivity contribution is 6.33. The number of hydrogen-bond acceptors (Lipinski definition) is 3. The number of carbonyl (C=O) groups is 1. The van der Waals surface area contributed by atoms with Crippen molar-refractivity contribution in [3.05, 3.63) is 59.4 Å². The first-order chi connectivity index (χ1) is 9.25. The third-order valence-corrected chi connectivity index (χ3v) is 2.80. The largest absolute Gasteiger partial charge is 0.324 e. The molecule has 98 valence electrons. The first kappa shape index (κ1) is 13.5. The molecule has 4 nitrogen and oxygen atoms in total. The standard InChI is InChI=1S/C14H14ClN3O/c15-12-6-1-2-7-13(12)18-14(19)10-16-9-11-5-3-4-8-17-11/h1-8,16H,9-10H2,(H,18,19). The van der Waals surface area contributed by atoms with Crippen LogP contribution in [0.3, 0.4) is 0 Å². The summed E-state index contributed by atoms with van der Waals surface area (Å²) in [6, 6.07) is 12.8. The molecule has 0 fully saturated rings. The molecule has 0 atom stereocenters. The van der Waals surface area contributed by atoms with Gasteiger partial charge in [0.05, 0.1) is 22.9 Å². The van der Waals surface area contributed by atoms with Gasteiger partial charge in [-0.05, 0) is 24.3 Å². The zero-order chi connectivity index (χ0) is 13.5. The summed E-state index contributed by atoms with van der Waals surface area (Å²) in [5, 5.41) is 6.29. The lowest BCUT2D eigenvalue weighted by atomic mass is 10.3. The lowest BCUT2D eigenvalue weighted by Gasteiger charge is -2.07. The molecule has 2 aromatic rings. The second-order valence-corrected chi connectivity index (χ2v) is 4.36. The molecule has 0 bridgehead atoms. The normalized spacial score (nSPS) is 10.2. The van der Waals surface area contributed by atoms with Crippen molar-refractivity contribution in [3.8, 4) is 0 Å². The van der Waals surface area contributed by atoms with Crippen LogP contribution < -0.4 is 10.6 Å². The SMILES string of the molecule is O=C(CNCc1ccccn1)Nc1ccccc1Cl. The van der Waals surface area contributed by atoms with E-state index in [1.807, 2.05) is 30.3 Å². The smallest absolute Gasteiger partial charge is 0.238 e. The minimum Gasteiger partial charge on any atom is -0.324 e. The first-order valence-electron chi connectivity index (χ1n) is 5.91. The molecule has 0 aliphatic rings. The molecule has 2 N–H and O–H groups in total. The number of benzene rings is 1. The van der Waals surface area contributed by atoms with Crippen LogP contribution >= 0.6 is 11.6 Å². The van der Waals surface area contributed by atoms with Crippen LogP contribution in [0.5, 0.6) is 0 Å². The minimum atomic E-state index is -0.135. The van der Waals surface area contributed by atoms with Gasteiger partial charge in [0.1, 0.15) is 0 Å². The maximum Gasteiger partial charge on any atom is 0.238 e. The van der Waals surface area contributed by atoms with Crippen molar-refractivity contribution in [2.75, 3.05) is 11.9 Å². The summed E-state index contributed by atoms with van der Waals surface area (Å²) in [4.78, 5) is 15.9. The van der Waals surface area contributed by atoms with E-state index >= 15 is 0 Å². The summed E-state index contributed by atoms with van der Waals surface area (Å²) in [7, 11) is 0. The monoisotopic (exact) mass is 275 g/mol. The van der Waals surface area contributed by atoms with Gasteiger partial charge < -0.3 is 10.6 Å². The number of carbonyl (C=O) groups excluding carboxylic acids is 1. The summed E-state index contributed by atoms with van der Waals surface area (Å²) >= 11 is 5.95. The molecule has 0 aliphatic heterocycles. The predicted octanol–water partition coefficient (Wildman–Crippen LogP) is 2.46. The minimum absolute atomic E-state index is 0.135. The van der Waals surface area contributed by atoms with Crippen molar-refractivity contribution in [2.45, 2.75) is 6.54 Å². The molecule has 0 radical (unpaired) electrons. The van der Waals surface area contributed by atoms with E-state index in [1.54, 1.807) is 18.3 Å². The maximum atomic E-state index is 11.7. The van der Waals surface area contributed by atoms with Crippen LogP contribution in [0.4, 0.5) is 5.69 Å². The summed E-state index contributed by atoms with van der Waals surface area (Å²) in [5.41, 5.74) is 1.52. The molecular formula is C14H14ClN3O. The van der Waals surface area contributed by atoms with Crippen molar-refractivity contribution in [1.29, 1.82) is 0 Å². The number of aromatic nitrogens is 1. The van der Waals surface area contributed by atoms with Crippen molar-refractivity contribution >= 4 is 23.2 Å². The average Bonchev–Trinajstić information content (AvgIpc) is 2.43. The van der Waals surface area contributed by atoms with Gasteiger partial charge in [-0.1, -0.05) is 29.8 Å². The Balaban J connectivity index is 1.78. The van der Waals surface area contributed by atoms with E-state index in [0.717, 1.165) is 5.69 Å². The lowest BCUT2D eigenvalue weighted by Crippen LogP contribution is -2.28. The lowest BCUT2D eigenvalue weighted by molar-refractivity contribution is -0.115. The van der Waals surface area contributed by atoms with E-state index in [1.165, 1.54) is 0 Å². The zero-order valence-corrected chi connectivity index (χ0v) is 11.0. The number of hydrogen-bond donors (Lipinski definition) is 2. The number of halogens is 1. The van der Waals surface area contributed by atoms with Crippen LogP contribution in [0.15, 0.2) is 48.7 Å². The Hall–Kier alpha value is -1.91. The third-order valence-electron chi connectivity index (χ3n) is 2.47. The average molecular weight is 276 g/mol. The fourth-order valence-electron chi connectivity index (χ4n) is 1.56. The third kappa shape index (κ3) is 4.35. The molecule has 1 aromatic heterocycles. The van der Waals surface area contributed by atoms with Gasteiger partial charge in [-0.3, -0.25) is 9.78 Å². The van der Waals surface area contributed by atoms with E-state index in [-0.39, 0.29) is 12.5 Å². The number of para-hydroxylation sites is 1. The van der Waals surface area contributed by atoms with E-state index in [4.69, 9.17) is 11.6 Å². The molecule has 0 saturated heterocycles. The second kappa shape index (κ2) is 6.87. The molecule has 0 unspecified atom stereocenters. The van der Waals surface area contributed by atoms with Gasteiger partial charge >= 0.3 is 0 Å². The Morgan fingerprint density at radius 1 is 1.16 bits per heavy atom. The topological polar surface area (TPSA) is 54.0 Å². The molecule has 0 aliphatic carbocycles. The van der Waals surface area contributed by atoms with E-state index < -0.39 is 0 Å². The Kier molecular flexibility index (Phi) is 4.89. The molecule has 5 heteroatoms. The van der Waals surface area contributed by atoms with Crippen LogP contribution in [0.25, 0.3) is 0 Å². The Labute approximate surface area is 116 Å². The van der Waals surface area contributed by atoms with Crippen molar-refractivity contribution in [1.82, 2.24) is 10.3 Å². The summed E-state index contributed by atoms with van der Waals surface area (Å²) in [5.74, 6) is -0.135. The second-order valence-electron chi connectivity index (χ2n) is 3.95. The summed E-state index contributed by atoms with van der Waals surface area (Å²) in [6.07, 6.45) is 1.72. The van der Waals surface area contributed by atoms with Crippen LogP contribution in [-0.2, 0) is 11.3 Å². The van der Waals surface area contributed by atoms with Crippen LogP contribution in [0.2, 0.25) is 5.02 Å². The number of anilines is 1. The van der Waals surface area contributed by atoms with E-state index in [9.17, 15) is 4.79 Å². The Morgan fingerprint density at radius 3 is 2.68 bits per heavy atom. The number of rotatable bonds is 5. The molecular weight excluding hydrogens is 262 g/mol. The zero-order valence-electron chi connectivity index (χ0n) is 10.3. The van der Waals surface area contributed by atoms with Crippen LogP contribution in [0.1, 0.15) is 5.69 Å². The molecule has 0 saturated carbocycles. The number of nitrogens with zero attached hydrogens (tertiary/aromatic N) is 1. The Bertz CT molecular complexity index is 545. The molecule has 19 heavy (non-hydrogen) atoms. The fourth-order valence-corrected chi connectivity index (χ4v) is 1.75. The quantitative estimate of drug-likeness (QED) is 0.881. The van der Waals surface area contributed by atoms with Gasteiger partial charge in [-0.2, -0.15) is 0 Å². The highest BCUT2D eigenvalue weighted by atomic mass is 35.5. The Morgan fingerprint density at radius 2 is 1.95 bits per heavy atom. The maximum absolute atomic E-state index is 11.7. The highest BCUT2D eigenvalue weighted by Crippen LogP contribution is 2.19. The van der Waals surface area contributed by atoms with Crippen LogP contribution in [-0.4, -0.2) is 17.4 Å². The fraction of sp³-hybridized carbons (Fsp3) is 0.143. The predicted molar refractivity (Wildman–Crippen MR) is 76.0 cm³/mol. The van der Waals surface area contributed by atoms with Gasteiger partial charge in [0, 0.05) is 12.7 Å². The van der Waals surface area contributed by atoms with Gasteiger partial charge in [0.2, 0.25) is 5.91 Å². The van der Waals surface area contributed by atoms with Gasteiger partial charge in [-0.25, -0.2) is 0 Å². The first-order valence-corrected chi connectivity index (χ1v) is 6.28. The molecule has 0 spiro atoms. The molecule has 2 rings (SSSR count). The van der Waals surface area contributed by atoms with Crippen LogP contribution in [0, 0.1) is 0 Å². The van der Waals surface area contributed by atoms with Crippen molar-refractivity contribution in [3.63, 3.8) is 0 Å². The van der Waals surface area contributed by atoms with Gasteiger partial charge in [-0.15, -0.1) is 0 Å². The molecule has 1 aromatic carbocycles. The molecule has 1 amide bonds. The van der Waals surface area contributed by atoms with Crippen molar-refractivity contribution in [2.24, 2.45) is 0 Å². The van der Waals surface area contributed by atoms with E-state index in [0.29, 0.717) is 17.3 Å². The molecule has 1 heterocycles. The number of pyridine rings is 1.